The molecule has 1 aliphatic rings. The minimum absolute atomic E-state index is 0.0523. The lowest BCUT2D eigenvalue weighted by Crippen LogP contribution is -2.42. The topological polar surface area (TPSA) is 68.5 Å². The van der Waals surface area contributed by atoms with Gasteiger partial charge in [0.15, 0.2) is 0 Å². The number of hydrogen-bond acceptors (Lipinski definition) is 5. The van der Waals surface area contributed by atoms with E-state index in [1.165, 1.54) is 6.07 Å². The maximum atomic E-state index is 11.3. The lowest BCUT2D eigenvalue weighted by molar-refractivity contribution is -0.384. The Balaban J connectivity index is 2.37. The molecule has 0 atom stereocenters. The number of anilines is 1. The summed E-state index contributed by atoms with van der Waals surface area (Å²) >= 11 is 3.26. The third-order valence-corrected chi connectivity index (χ3v) is 3.91. The Kier molecular flexibility index (Phi) is 5.52. The molecule has 1 aromatic heterocycles. The van der Waals surface area contributed by atoms with Gasteiger partial charge in [0, 0.05) is 42.5 Å². The highest BCUT2D eigenvalue weighted by Crippen LogP contribution is 2.32. The number of ether oxygens (including phenoxy) is 1. The number of rotatable bonds is 5. The van der Waals surface area contributed by atoms with Gasteiger partial charge in [0.1, 0.15) is 0 Å². The molecule has 0 spiro atoms. The van der Waals surface area contributed by atoms with Crippen LogP contribution >= 0.6 is 15.9 Å². The minimum Gasteiger partial charge on any atom is -0.381 e. The zero-order valence-electron chi connectivity index (χ0n) is 12.3. The van der Waals surface area contributed by atoms with Crippen molar-refractivity contribution < 1.29 is 9.66 Å². The number of hydrogen-bond donors (Lipinski definition) is 0. The van der Waals surface area contributed by atoms with E-state index in [2.05, 4.69) is 39.7 Å². The van der Waals surface area contributed by atoms with Crippen molar-refractivity contribution in [1.29, 1.82) is 0 Å². The van der Waals surface area contributed by atoms with Crippen molar-refractivity contribution in [2.24, 2.45) is 5.92 Å². The zero-order valence-corrected chi connectivity index (χ0v) is 13.9. The Hall–Kier alpha value is -1.21. The Morgan fingerprint density at radius 1 is 1.52 bits per heavy atom. The molecule has 0 unspecified atom stereocenters. The molecule has 0 aliphatic carbocycles. The molecule has 116 valence electrons. The van der Waals surface area contributed by atoms with Gasteiger partial charge in [-0.15, -0.1) is 0 Å². The minimum atomic E-state index is -0.361. The lowest BCUT2D eigenvalue weighted by Gasteiger charge is -2.36. The van der Waals surface area contributed by atoms with Gasteiger partial charge < -0.3 is 9.64 Å². The average Bonchev–Trinajstić information content (AvgIpc) is 2.45. The predicted octanol–water partition coefficient (Wildman–Crippen LogP) is 3.39. The second kappa shape index (κ2) is 7.17. The van der Waals surface area contributed by atoms with Gasteiger partial charge in [-0.2, -0.15) is 0 Å². The number of halogens is 1. The second-order valence-corrected chi connectivity index (χ2v) is 6.56. The summed E-state index contributed by atoms with van der Waals surface area (Å²) < 4.78 is 6.02. The third-order valence-electron chi connectivity index (χ3n) is 3.48. The van der Waals surface area contributed by atoms with Crippen LogP contribution in [-0.4, -0.2) is 35.7 Å². The second-order valence-electron chi connectivity index (χ2n) is 5.64. The summed E-state index contributed by atoms with van der Waals surface area (Å²) in [6.45, 7) is 6.36. The van der Waals surface area contributed by atoms with E-state index < -0.39 is 0 Å². The third kappa shape index (κ3) is 4.14. The molecule has 0 saturated carbocycles. The van der Waals surface area contributed by atoms with Crippen molar-refractivity contribution in [1.82, 2.24) is 4.98 Å². The summed E-state index contributed by atoms with van der Waals surface area (Å²) in [4.78, 5) is 17.4. The van der Waals surface area contributed by atoms with Gasteiger partial charge in [-0.1, -0.05) is 13.8 Å². The van der Waals surface area contributed by atoms with Crippen LogP contribution < -0.4 is 4.90 Å². The van der Waals surface area contributed by atoms with Crippen molar-refractivity contribution in [2.45, 2.75) is 32.7 Å². The van der Waals surface area contributed by atoms with Crippen LogP contribution in [0.25, 0.3) is 0 Å². The standard InChI is InChI=1S/C14H20BrN3O3/c1-10(2)9-17(12-3-5-21-6-4-12)14-13(18(19)20)7-11(15)8-16-14/h7-8,10,12H,3-6,9H2,1-2H3. The Bertz CT molecular complexity index is 504. The van der Waals surface area contributed by atoms with Gasteiger partial charge >= 0.3 is 5.69 Å². The summed E-state index contributed by atoms with van der Waals surface area (Å²) in [5.74, 6) is 0.863. The molecule has 6 nitrogen and oxygen atoms in total. The molecule has 7 heteroatoms. The highest BCUT2D eigenvalue weighted by atomic mass is 79.9. The van der Waals surface area contributed by atoms with Gasteiger partial charge in [0.25, 0.3) is 0 Å². The smallest absolute Gasteiger partial charge is 0.312 e. The summed E-state index contributed by atoms with van der Waals surface area (Å²) in [5.41, 5.74) is 0.0523. The summed E-state index contributed by atoms with van der Waals surface area (Å²) in [6, 6.07) is 1.77. The lowest BCUT2D eigenvalue weighted by atomic mass is 10.0. The number of pyridine rings is 1. The van der Waals surface area contributed by atoms with Crippen molar-refractivity contribution in [3.63, 3.8) is 0 Å². The maximum absolute atomic E-state index is 11.3. The van der Waals surface area contributed by atoms with Crippen molar-refractivity contribution >= 4 is 27.4 Å². The van der Waals surface area contributed by atoms with Crippen LogP contribution in [0.2, 0.25) is 0 Å². The Labute approximate surface area is 132 Å². The first-order valence-corrected chi connectivity index (χ1v) is 7.92. The monoisotopic (exact) mass is 357 g/mol. The molecule has 0 N–H and O–H groups in total. The SMILES string of the molecule is CC(C)CN(c1ncc(Br)cc1[N+](=O)[O-])C1CCOCC1. The van der Waals surface area contributed by atoms with Crippen LogP contribution in [0, 0.1) is 16.0 Å². The summed E-state index contributed by atoms with van der Waals surface area (Å²) in [5, 5.41) is 11.3. The number of nitrogens with zero attached hydrogens (tertiary/aromatic N) is 3. The maximum Gasteiger partial charge on any atom is 0.312 e. The molecule has 0 bridgehead atoms. The molecular formula is C14H20BrN3O3. The van der Waals surface area contributed by atoms with Crippen LogP contribution in [0.4, 0.5) is 11.5 Å². The largest absolute Gasteiger partial charge is 0.381 e. The highest BCUT2D eigenvalue weighted by molar-refractivity contribution is 9.10. The molecule has 1 aliphatic heterocycles. The van der Waals surface area contributed by atoms with Gasteiger partial charge in [-0.05, 0) is 34.7 Å². The molecule has 0 radical (unpaired) electrons. The predicted molar refractivity (Wildman–Crippen MR) is 84.6 cm³/mol. The fraction of sp³-hybridized carbons (Fsp3) is 0.643. The fourth-order valence-corrected chi connectivity index (χ4v) is 2.89. The molecule has 2 rings (SSSR count). The summed E-state index contributed by atoms with van der Waals surface area (Å²) in [6.07, 6.45) is 3.37. The molecule has 2 heterocycles. The van der Waals surface area contributed by atoms with Gasteiger partial charge in [-0.3, -0.25) is 10.1 Å². The van der Waals surface area contributed by atoms with Crippen LogP contribution in [0.1, 0.15) is 26.7 Å². The van der Waals surface area contributed by atoms with Gasteiger partial charge in [-0.25, -0.2) is 4.98 Å². The van der Waals surface area contributed by atoms with Crippen LogP contribution in [0.15, 0.2) is 16.7 Å². The first kappa shape index (κ1) is 16.2. The van der Waals surface area contributed by atoms with Gasteiger partial charge in [0.05, 0.1) is 4.92 Å². The molecule has 1 fully saturated rings. The van der Waals surface area contributed by atoms with E-state index in [0.717, 1.165) is 19.4 Å². The van der Waals surface area contributed by atoms with Crippen LogP contribution in [-0.2, 0) is 4.74 Å². The van der Waals surface area contributed by atoms with Crippen molar-refractivity contribution in [2.75, 3.05) is 24.7 Å². The van der Waals surface area contributed by atoms with E-state index >= 15 is 0 Å². The van der Waals surface area contributed by atoms with Crippen LogP contribution in [0.3, 0.4) is 0 Å². The zero-order chi connectivity index (χ0) is 15.4. The number of nitro groups is 1. The Morgan fingerprint density at radius 2 is 2.19 bits per heavy atom. The molecule has 21 heavy (non-hydrogen) atoms. The van der Waals surface area contributed by atoms with E-state index in [9.17, 15) is 10.1 Å². The molecule has 1 aromatic rings. The average molecular weight is 358 g/mol. The Morgan fingerprint density at radius 3 is 2.76 bits per heavy atom. The van der Waals surface area contributed by atoms with E-state index in [-0.39, 0.29) is 16.7 Å². The first-order chi connectivity index (χ1) is 9.99. The summed E-state index contributed by atoms with van der Waals surface area (Å²) in [7, 11) is 0. The molecule has 1 saturated heterocycles. The quantitative estimate of drug-likeness (QED) is 0.596. The highest BCUT2D eigenvalue weighted by Gasteiger charge is 2.29. The molecular weight excluding hydrogens is 338 g/mol. The number of aromatic nitrogens is 1. The van der Waals surface area contributed by atoms with E-state index in [4.69, 9.17) is 4.74 Å². The fourth-order valence-electron chi connectivity index (χ4n) is 2.58. The van der Waals surface area contributed by atoms with Crippen LogP contribution in [0.5, 0.6) is 0 Å². The van der Waals surface area contributed by atoms with Gasteiger partial charge in [0.2, 0.25) is 5.82 Å². The van der Waals surface area contributed by atoms with Crippen molar-refractivity contribution in [3.8, 4) is 0 Å². The van der Waals surface area contributed by atoms with E-state index in [1.807, 2.05) is 0 Å². The molecule has 0 aromatic carbocycles. The van der Waals surface area contributed by atoms with E-state index in [1.54, 1.807) is 6.20 Å². The molecule has 0 amide bonds. The van der Waals surface area contributed by atoms with E-state index in [0.29, 0.717) is 29.4 Å². The first-order valence-electron chi connectivity index (χ1n) is 7.13. The normalized spacial score (nSPS) is 16.2. The van der Waals surface area contributed by atoms with Crippen molar-refractivity contribution in [3.05, 3.63) is 26.9 Å².